The number of carbonyl (C=O) groups is 6. The summed E-state index contributed by atoms with van der Waals surface area (Å²) in [6, 6.07) is 15.9. The molecule has 0 fully saturated rings. The molecule has 3 atom stereocenters. The van der Waals surface area contributed by atoms with Crippen molar-refractivity contribution in [1.29, 1.82) is 0 Å². The van der Waals surface area contributed by atoms with E-state index in [-0.39, 0.29) is 93.6 Å². The fourth-order valence-electron chi connectivity index (χ4n) is 8.14. The van der Waals surface area contributed by atoms with Gasteiger partial charge >= 0.3 is 5.97 Å². The zero-order chi connectivity index (χ0) is 53.9. The molecule has 0 radical (unpaired) electrons. The summed E-state index contributed by atoms with van der Waals surface area (Å²) in [5.74, 6) is -6.10. The van der Waals surface area contributed by atoms with E-state index >= 15 is 4.39 Å². The van der Waals surface area contributed by atoms with Crippen molar-refractivity contribution in [2.24, 2.45) is 22.8 Å². The molecule has 20 heteroatoms. The lowest BCUT2D eigenvalue weighted by atomic mass is 9.82. The van der Waals surface area contributed by atoms with Gasteiger partial charge in [-0.05, 0) is 65.8 Å². The predicted molar refractivity (Wildman–Crippen MR) is 277 cm³/mol. The third-order valence-electron chi connectivity index (χ3n) is 11.7. The summed E-state index contributed by atoms with van der Waals surface area (Å²) in [5.41, 5.74) is 12.8. The van der Waals surface area contributed by atoms with Crippen LogP contribution < -0.4 is 16.8 Å². The van der Waals surface area contributed by atoms with Gasteiger partial charge in [0.05, 0.1) is 89.5 Å². The molecule has 17 nitrogen and oxygen atoms in total. The van der Waals surface area contributed by atoms with E-state index < -0.39 is 65.0 Å². The minimum absolute atomic E-state index is 0.00573. The first kappa shape index (κ1) is 60.7. The third kappa shape index (κ3) is 21.9. The Labute approximate surface area is 436 Å². The first-order valence-corrected chi connectivity index (χ1v) is 25.9. The van der Waals surface area contributed by atoms with Crippen molar-refractivity contribution in [2.45, 2.75) is 84.3 Å². The second kappa shape index (κ2) is 32.4. The molecule has 0 unspecified atom stereocenters. The van der Waals surface area contributed by atoms with Crippen LogP contribution in [0.1, 0.15) is 82.2 Å². The molecule has 0 aliphatic carbocycles. The molecule has 404 valence electrons. The number of Topliss-reactive ketones (excluding diaryl/α,β-unsaturated/α-hetero) is 2. The first-order chi connectivity index (χ1) is 35.5. The number of unbranched alkanes of at least 4 members (excludes halogenated alkanes) is 1. The quantitative estimate of drug-likeness (QED) is 0.0382. The summed E-state index contributed by atoms with van der Waals surface area (Å²) in [6.45, 7) is 9.37. The Balaban J connectivity index is 1.50. The molecule has 2 aromatic carbocycles. The van der Waals surface area contributed by atoms with Gasteiger partial charge in [-0.15, -0.1) is 0 Å². The van der Waals surface area contributed by atoms with E-state index in [0.717, 1.165) is 35.5 Å². The van der Waals surface area contributed by atoms with Gasteiger partial charge in [0, 0.05) is 80.1 Å². The normalized spacial score (nSPS) is 12.7. The summed E-state index contributed by atoms with van der Waals surface area (Å²) >= 11 is 1.08. The number of carboxylic acid groups (broad SMARTS) is 1. The van der Waals surface area contributed by atoms with Crippen LogP contribution in [0, 0.1) is 23.0 Å². The van der Waals surface area contributed by atoms with Crippen LogP contribution in [0.2, 0.25) is 0 Å². The van der Waals surface area contributed by atoms with Crippen LogP contribution in [-0.2, 0) is 60.7 Å². The van der Waals surface area contributed by atoms with E-state index in [1.54, 1.807) is 29.3 Å². The predicted octanol–water partition coefficient (Wildman–Crippen LogP) is 5.94. The van der Waals surface area contributed by atoms with Crippen molar-refractivity contribution in [3.05, 3.63) is 114 Å². The van der Waals surface area contributed by atoms with Crippen LogP contribution in [0.5, 0.6) is 0 Å². The number of nitrogens with two attached hydrogens (primary N) is 2. The van der Waals surface area contributed by atoms with Crippen molar-refractivity contribution in [3.8, 4) is 11.1 Å². The zero-order valence-electron chi connectivity index (χ0n) is 42.6. The number of thioether (sulfide) groups is 1. The number of hydrogen-bond donors (Lipinski definition) is 4. The van der Waals surface area contributed by atoms with Crippen molar-refractivity contribution < 1.29 is 61.6 Å². The topological polar surface area (TPSA) is 245 Å². The molecular weight excluding hydrogens is 979 g/mol. The van der Waals surface area contributed by atoms with Gasteiger partial charge in [0.2, 0.25) is 17.7 Å². The number of hydrogen-bond acceptors (Lipinski definition) is 13. The largest absolute Gasteiger partial charge is 0.481 e. The molecule has 4 aromatic rings. The Kier molecular flexibility index (Phi) is 26.6. The van der Waals surface area contributed by atoms with Crippen molar-refractivity contribution in [1.82, 2.24) is 19.8 Å². The van der Waals surface area contributed by atoms with E-state index in [9.17, 15) is 38.3 Å². The van der Waals surface area contributed by atoms with Crippen molar-refractivity contribution >= 4 is 47.0 Å². The molecule has 3 amide bonds. The smallest absolute Gasteiger partial charge is 0.307 e. The fraction of sp³-hybridized carbons (Fsp3) is 0.500. The molecule has 4 rings (SSSR count). The van der Waals surface area contributed by atoms with E-state index in [1.165, 1.54) is 12.4 Å². The van der Waals surface area contributed by atoms with Crippen LogP contribution in [0.3, 0.4) is 0 Å². The highest BCUT2D eigenvalue weighted by molar-refractivity contribution is 7.99. The van der Waals surface area contributed by atoms with Gasteiger partial charge in [-0.3, -0.25) is 33.8 Å². The zero-order valence-corrected chi connectivity index (χ0v) is 43.5. The van der Waals surface area contributed by atoms with E-state index in [2.05, 4.69) is 10.3 Å². The lowest BCUT2D eigenvalue weighted by Gasteiger charge is -2.41. The number of amides is 3. The lowest BCUT2D eigenvalue weighted by Crippen LogP contribution is -2.44. The molecule has 0 saturated heterocycles. The Hall–Kier alpha value is -5.90. The third-order valence-corrected chi connectivity index (χ3v) is 12.8. The maximum atomic E-state index is 15.4. The minimum Gasteiger partial charge on any atom is -0.481 e. The lowest BCUT2D eigenvalue weighted by molar-refractivity contribution is -0.143. The summed E-state index contributed by atoms with van der Waals surface area (Å²) in [7, 11) is 0. The van der Waals surface area contributed by atoms with Gasteiger partial charge < -0.3 is 50.3 Å². The molecule has 74 heavy (non-hydrogen) atoms. The van der Waals surface area contributed by atoms with Crippen molar-refractivity contribution in [3.63, 3.8) is 0 Å². The number of ether oxygens (including phenoxy) is 4. The molecule has 0 aliphatic rings. The summed E-state index contributed by atoms with van der Waals surface area (Å²) in [5, 5.41) is 12.8. The van der Waals surface area contributed by atoms with Gasteiger partial charge in [-0.25, -0.2) is 8.78 Å². The fourth-order valence-corrected chi connectivity index (χ4v) is 9.14. The minimum atomic E-state index is -1.19. The first-order valence-electron chi connectivity index (χ1n) is 24.8. The molecule has 0 saturated carbocycles. The molecule has 0 spiro atoms. The highest BCUT2D eigenvalue weighted by atomic mass is 32.2. The summed E-state index contributed by atoms with van der Waals surface area (Å²) in [4.78, 5) is 84.3. The van der Waals surface area contributed by atoms with Crippen LogP contribution >= 0.6 is 11.8 Å². The highest BCUT2D eigenvalue weighted by Crippen LogP contribution is 2.41. The number of nitrogens with zero attached hydrogens (tertiary/aromatic N) is 3. The molecule has 0 bridgehead atoms. The number of carboxylic acids is 1. The van der Waals surface area contributed by atoms with Gasteiger partial charge in [-0.1, -0.05) is 51.1 Å². The summed E-state index contributed by atoms with van der Waals surface area (Å²) in [6.07, 6.45) is 4.54. The van der Waals surface area contributed by atoms with Gasteiger partial charge in [0.15, 0.2) is 5.78 Å². The number of pyridine rings is 1. The van der Waals surface area contributed by atoms with Crippen LogP contribution in [0.25, 0.3) is 11.1 Å². The molecule has 0 aliphatic heterocycles. The van der Waals surface area contributed by atoms with Gasteiger partial charge in [0.25, 0.3) is 0 Å². The van der Waals surface area contributed by atoms with Crippen LogP contribution in [-0.4, -0.2) is 138 Å². The number of halogens is 2. The van der Waals surface area contributed by atoms with Gasteiger partial charge in [-0.2, -0.15) is 11.8 Å². The highest BCUT2D eigenvalue weighted by Gasteiger charge is 2.37. The Morgan fingerprint density at radius 1 is 0.811 bits per heavy atom. The maximum Gasteiger partial charge on any atom is 0.307 e. The second-order valence-corrected chi connectivity index (χ2v) is 19.8. The Morgan fingerprint density at radius 3 is 2.08 bits per heavy atom. The molecular formula is C54H72F2N6O11S. The molecule has 2 heterocycles. The van der Waals surface area contributed by atoms with Crippen molar-refractivity contribution in [2.75, 3.05) is 77.5 Å². The Bertz CT molecular complexity index is 2390. The van der Waals surface area contributed by atoms with E-state index in [1.807, 2.05) is 55.7 Å². The number of primary amides is 1. The average Bonchev–Trinajstić information content (AvgIpc) is 3.75. The second-order valence-electron chi connectivity index (χ2n) is 18.8. The number of aliphatic carboxylic acids is 1. The number of nitrogens with one attached hydrogen (secondary N) is 1. The average molecular weight is 1050 g/mol. The van der Waals surface area contributed by atoms with E-state index in [4.69, 9.17) is 30.4 Å². The maximum absolute atomic E-state index is 15.4. The number of carbonyl (C=O) groups excluding carboxylic acids is 5. The number of aromatic nitrogens is 2. The number of rotatable bonds is 37. The standard InChI is InChI=1S/C54H72F2N6O11S/c1-54(2,3)52(47-31-40(44-32-42(55)12-13-45(44)56)35-61(47)34-39-9-5-4-6-10-39)62(20-8-7-11-48(64)46(33-49(58)65)60-50(66)29-38-14-18-59-19-15-38)51(67)37-74-36-41(53(68)69)30-43(63)16-21-70-23-25-72-27-28-73-26-24-71-22-17-57/h4-6,9-10,12-15,18-19,31-32,35,41,46,52H,7-8,11,16-17,20-30,33-34,36-37,57H2,1-3H3,(H2,58,65)(H,60,66)(H,68,69)/t41-,46-,52-/m0/s1. The van der Waals surface area contributed by atoms with Crippen LogP contribution in [0.4, 0.5) is 8.78 Å². The molecule has 6 N–H and O–H groups in total. The molecule has 2 aromatic heterocycles. The number of benzene rings is 2. The van der Waals surface area contributed by atoms with E-state index in [0.29, 0.717) is 62.9 Å². The van der Waals surface area contributed by atoms with Crippen LogP contribution in [0.15, 0.2) is 85.3 Å². The SMILES string of the molecule is CC(C)(C)[C@H](c1cc(-c2cc(F)ccc2F)cn1Cc1ccccc1)N(CCCCC(=O)[C@H](CC(N)=O)NC(=O)Cc1ccncc1)C(=O)CSC[C@H](CC(=O)CCOCCOCCOCCOCCN)C(=O)O. The monoisotopic (exact) mass is 1050 g/mol. The number of ketones is 2. The summed E-state index contributed by atoms with van der Waals surface area (Å²) < 4.78 is 53.6. The van der Waals surface area contributed by atoms with Gasteiger partial charge in [0.1, 0.15) is 17.4 Å². The Morgan fingerprint density at radius 2 is 1.46 bits per heavy atom.